The summed E-state index contributed by atoms with van der Waals surface area (Å²) in [6.45, 7) is 5.66. The summed E-state index contributed by atoms with van der Waals surface area (Å²) in [5.41, 5.74) is 4.51. The highest BCUT2D eigenvalue weighted by atomic mass is 15.3. The van der Waals surface area contributed by atoms with E-state index in [1.807, 2.05) is 37.8 Å². The summed E-state index contributed by atoms with van der Waals surface area (Å²) in [6, 6.07) is 6.23. The van der Waals surface area contributed by atoms with E-state index in [0.717, 1.165) is 24.5 Å². The molecule has 2 rings (SSSR count). The van der Waals surface area contributed by atoms with Crippen LogP contribution in [-0.4, -0.2) is 14.8 Å². The molecule has 0 spiro atoms. The zero-order valence-corrected chi connectivity index (χ0v) is 10.6. The first-order valence-electron chi connectivity index (χ1n) is 5.77. The third-order valence-corrected chi connectivity index (χ3v) is 2.71. The number of hydrogen-bond acceptors (Lipinski definition) is 3. The van der Waals surface area contributed by atoms with Gasteiger partial charge < -0.3 is 5.32 Å². The lowest BCUT2D eigenvalue weighted by molar-refractivity contribution is 0.624. The van der Waals surface area contributed by atoms with Gasteiger partial charge in [-0.15, -0.1) is 0 Å². The first kappa shape index (κ1) is 11.8. The van der Waals surface area contributed by atoms with Crippen molar-refractivity contribution < 1.29 is 0 Å². The van der Waals surface area contributed by atoms with Crippen LogP contribution < -0.4 is 5.32 Å². The second kappa shape index (κ2) is 5.10. The molecule has 0 aliphatic carbocycles. The van der Waals surface area contributed by atoms with E-state index in [1.54, 1.807) is 0 Å². The van der Waals surface area contributed by atoms with Gasteiger partial charge in [-0.1, -0.05) is 6.07 Å². The van der Waals surface area contributed by atoms with Crippen LogP contribution in [0, 0.1) is 13.8 Å². The number of hydrogen-bond donors (Lipinski definition) is 1. The fourth-order valence-corrected chi connectivity index (χ4v) is 1.77. The fraction of sp³-hybridized carbons (Fsp3) is 0.385. The molecule has 0 unspecified atom stereocenters. The topological polar surface area (TPSA) is 42.7 Å². The Hall–Kier alpha value is -1.68. The van der Waals surface area contributed by atoms with Crippen molar-refractivity contribution in [1.82, 2.24) is 20.1 Å². The molecule has 0 saturated carbocycles. The third-order valence-electron chi connectivity index (χ3n) is 2.71. The molecular formula is C13H18N4. The minimum Gasteiger partial charge on any atom is -0.307 e. The normalized spacial score (nSPS) is 10.8. The van der Waals surface area contributed by atoms with E-state index in [1.165, 1.54) is 11.3 Å². The van der Waals surface area contributed by atoms with E-state index in [2.05, 4.69) is 27.5 Å². The van der Waals surface area contributed by atoms with Crippen molar-refractivity contribution in [2.24, 2.45) is 7.05 Å². The average molecular weight is 230 g/mol. The van der Waals surface area contributed by atoms with Crippen LogP contribution in [0.15, 0.2) is 24.4 Å². The minimum atomic E-state index is 0.825. The lowest BCUT2D eigenvalue weighted by Crippen LogP contribution is -2.15. The summed E-state index contributed by atoms with van der Waals surface area (Å²) >= 11 is 0. The lowest BCUT2D eigenvalue weighted by atomic mass is 10.2. The maximum absolute atomic E-state index is 4.31. The monoisotopic (exact) mass is 230 g/mol. The van der Waals surface area contributed by atoms with Crippen molar-refractivity contribution in [1.29, 1.82) is 0 Å². The summed E-state index contributed by atoms with van der Waals surface area (Å²) in [5.74, 6) is 0. The van der Waals surface area contributed by atoms with Gasteiger partial charge in [-0.05, 0) is 31.5 Å². The molecule has 90 valence electrons. The van der Waals surface area contributed by atoms with Crippen LogP contribution in [0.2, 0.25) is 0 Å². The SMILES string of the molecule is Cc1ccc(CNCc2cc(C)nn2C)cn1. The van der Waals surface area contributed by atoms with Crippen molar-refractivity contribution in [3.8, 4) is 0 Å². The van der Waals surface area contributed by atoms with Crippen molar-refractivity contribution in [3.05, 3.63) is 47.0 Å². The molecule has 2 heterocycles. The fourth-order valence-electron chi connectivity index (χ4n) is 1.77. The smallest absolute Gasteiger partial charge is 0.0597 e. The molecule has 0 aliphatic rings. The van der Waals surface area contributed by atoms with Crippen LogP contribution in [0.4, 0.5) is 0 Å². The second-order valence-electron chi connectivity index (χ2n) is 4.31. The summed E-state index contributed by atoms with van der Waals surface area (Å²) < 4.78 is 1.91. The molecule has 2 aromatic heterocycles. The van der Waals surface area contributed by atoms with Gasteiger partial charge in [0.2, 0.25) is 0 Å². The zero-order chi connectivity index (χ0) is 12.3. The van der Waals surface area contributed by atoms with Crippen LogP contribution in [0.25, 0.3) is 0 Å². The number of aryl methyl sites for hydroxylation is 3. The van der Waals surface area contributed by atoms with Crippen LogP contribution >= 0.6 is 0 Å². The summed E-state index contributed by atoms with van der Waals surface area (Å²) in [7, 11) is 1.97. The van der Waals surface area contributed by atoms with E-state index >= 15 is 0 Å². The van der Waals surface area contributed by atoms with Gasteiger partial charge in [0.1, 0.15) is 0 Å². The van der Waals surface area contributed by atoms with Crippen molar-refractivity contribution in [2.45, 2.75) is 26.9 Å². The van der Waals surface area contributed by atoms with Gasteiger partial charge >= 0.3 is 0 Å². The third kappa shape index (κ3) is 3.14. The number of nitrogens with zero attached hydrogens (tertiary/aromatic N) is 3. The van der Waals surface area contributed by atoms with Gasteiger partial charge in [-0.25, -0.2) is 0 Å². The number of aromatic nitrogens is 3. The number of pyridine rings is 1. The molecule has 0 radical (unpaired) electrons. The predicted molar refractivity (Wildman–Crippen MR) is 67.5 cm³/mol. The maximum atomic E-state index is 4.31. The summed E-state index contributed by atoms with van der Waals surface area (Å²) in [6.07, 6.45) is 1.91. The Kier molecular flexibility index (Phi) is 3.54. The van der Waals surface area contributed by atoms with Crippen LogP contribution in [0.1, 0.15) is 22.6 Å². The van der Waals surface area contributed by atoms with Gasteiger partial charge in [-0.3, -0.25) is 9.67 Å². The van der Waals surface area contributed by atoms with Gasteiger partial charge in [-0.2, -0.15) is 5.10 Å². The Balaban J connectivity index is 1.87. The summed E-state index contributed by atoms with van der Waals surface area (Å²) in [5, 5.41) is 7.70. The number of nitrogens with one attached hydrogen (secondary N) is 1. The van der Waals surface area contributed by atoms with E-state index in [9.17, 15) is 0 Å². The molecule has 0 amide bonds. The van der Waals surface area contributed by atoms with E-state index < -0.39 is 0 Å². The Morgan fingerprint density at radius 3 is 2.59 bits per heavy atom. The molecule has 4 nitrogen and oxygen atoms in total. The lowest BCUT2D eigenvalue weighted by Gasteiger charge is -2.05. The first-order valence-corrected chi connectivity index (χ1v) is 5.77. The molecule has 0 saturated heterocycles. The molecule has 0 aromatic carbocycles. The van der Waals surface area contributed by atoms with Crippen LogP contribution in [0.3, 0.4) is 0 Å². The van der Waals surface area contributed by atoms with Gasteiger partial charge in [0.15, 0.2) is 0 Å². The van der Waals surface area contributed by atoms with Gasteiger partial charge in [0, 0.05) is 32.0 Å². The van der Waals surface area contributed by atoms with Crippen molar-refractivity contribution in [2.75, 3.05) is 0 Å². The van der Waals surface area contributed by atoms with E-state index in [0.29, 0.717) is 0 Å². The molecule has 0 atom stereocenters. The van der Waals surface area contributed by atoms with Gasteiger partial charge in [0.25, 0.3) is 0 Å². The molecular weight excluding hydrogens is 212 g/mol. The average Bonchev–Trinajstić information content (AvgIpc) is 2.60. The quantitative estimate of drug-likeness (QED) is 0.869. The first-order chi connectivity index (χ1) is 8.15. The summed E-state index contributed by atoms with van der Waals surface area (Å²) in [4.78, 5) is 4.27. The molecule has 17 heavy (non-hydrogen) atoms. The van der Waals surface area contributed by atoms with Crippen LogP contribution in [-0.2, 0) is 20.1 Å². The Morgan fingerprint density at radius 2 is 2.00 bits per heavy atom. The zero-order valence-electron chi connectivity index (χ0n) is 10.6. The maximum Gasteiger partial charge on any atom is 0.0597 e. The van der Waals surface area contributed by atoms with Crippen LogP contribution in [0.5, 0.6) is 0 Å². The Labute approximate surface area is 102 Å². The van der Waals surface area contributed by atoms with Crippen molar-refractivity contribution >= 4 is 0 Å². The largest absolute Gasteiger partial charge is 0.307 e. The highest BCUT2D eigenvalue weighted by molar-refractivity contribution is 5.13. The van der Waals surface area contributed by atoms with E-state index in [4.69, 9.17) is 0 Å². The molecule has 1 N–H and O–H groups in total. The minimum absolute atomic E-state index is 0.825. The number of rotatable bonds is 4. The molecule has 4 heteroatoms. The molecule has 2 aromatic rings. The Morgan fingerprint density at radius 1 is 1.18 bits per heavy atom. The second-order valence-corrected chi connectivity index (χ2v) is 4.31. The van der Waals surface area contributed by atoms with Gasteiger partial charge in [0.05, 0.1) is 11.4 Å². The molecule has 0 fully saturated rings. The molecule has 0 aliphatic heterocycles. The standard InChI is InChI=1S/C13H18N4/c1-10-4-5-12(8-15-10)7-14-9-13-6-11(2)16-17(13)3/h4-6,8,14H,7,9H2,1-3H3. The van der Waals surface area contributed by atoms with Crippen molar-refractivity contribution in [3.63, 3.8) is 0 Å². The molecule has 0 bridgehead atoms. The highest BCUT2D eigenvalue weighted by Crippen LogP contribution is 2.03. The highest BCUT2D eigenvalue weighted by Gasteiger charge is 2.01. The Bertz CT molecular complexity index is 485. The predicted octanol–water partition coefficient (Wildman–Crippen LogP) is 1.72. The van der Waals surface area contributed by atoms with E-state index in [-0.39, 0.29) is 0 Å².